The summed E-state index contributed by atoms with van der Waals surface area (Å²) in [5.74, 6) is 4.76. The van der Waals surface area contributed by atoms with E-state index in [1.54, 1.807) is 11.4 Å². The summed E-state index contributed by atoms with van der Waals surface area (Å²) >= 11 is 1.36. The molecule has 0 aliphatic rings. The second kappa shape index (κ2) is 6.03. The molecule has 4 N–H and O–H groups in total. The average Bonchev–Trinajstić information content (AvgIpc) is 2.72. The Kier molecular flexibility index (Phi) is 4.69. The Bertz CT molecular complexity index is 484. The quantitative estimate of drug-likeness (QED) is 0.717. The molecule has 1 rings (SSSR count). The van der Waals surface area contributed by atoms with Gasteiger partial charge in [-0.15, -0.1) is 11.3 Å². The summed E-state index contributed by atoms with van der Waals surface area (Å²) in [7, 11) is 1.52. The van der Waals surface area contributed by atoms with E-state index in [1.165, 1.54) is 23.3 Å². The van der Waals surface area contributed by atoms with Crippen LogP contribution in [0.25, 0.3) is 0 Å². The lowest BCUT2D eigenvalue weighted by Gasteiger charge is -2.13. The van der Waals surface area contributed by atoms with Crippen molar-refractivity contribution in [3.8, 4) is 11.8 Å². The molecule has 0 radical (unpaired) electrons. The molecule has 1 heterocycles. The van der Waals surface area contributed by atoms with E-state index >= 15 is 0 Å². The molecule has 1 aromatic rings. The van der Waals surface area contributed by atoms with Crippen LogP contribution >= 0.6 is 11.3 Å². The number of likely N-dealkylation sites (N-methyl/N-ethyl adjacent to an activating group) is 1. The highest BCUT2D eigenvalue weighted by atomic mass is 32.1. The maximum absolute atomic E-state index is 11.8. The molecule has 0 unspecified atom stereocenters. The topological polar surface area (TPSA) is 89.4 Å². The number of hydrogen-bond acceptors (Lipinski definition) is 4. The first-order valence-electron chi connectivity index (χ1n) is 4.86. The van der Waals surface area contributed by atoms with Gasteiger partial charge in [0.25, 0.3) is 5.91 Å². The van der Waals surface area contributed by atoms with E-state index in [9.17, 15) is 9.59 Å². The minimum Gasteiger partial charge on any atom is -0.368 e. The van der Waals surface area contributed by atoms with Gasteiger partial charge in [0.2, 0.25) is 5.91 Å². The van der Waals surface area contributed by atoms with E-state index in [0.717, 1.165) is 4.88 Å². The van der Waals surface area contributed by atoms with Crippen molar-refractivity contribution in [2.24, 2.45) is 11.5 Å². The van der Waals surface area contributed by atoms with Crippen LogP contribution in [0.3, 0.4) is 0 Å². The van der Waals surface area contributed by atoms with Crippen LogP contribution in [0.15, 0.2) is 11.4 Å². The van der Waals surface area contributed by atoms with Gasteiger partial charge in [-0.1, -0.05) is 11.8 Å². The zero-order valence-corrected chi connectivity index (χ0v) is 10.2. The van der Waals surface area contributed by atoms with Crippen molar-refractivity contribution >= 4 is 23.2 Å². The first kappa shape index (κ1) is 13.2. The molecule has 0 aromatic carbocycles. The first-order valence-corrected chi connectivity index (χ1v) is 5.73. The Morgan fingerprint density at radius 2 is 2.24 bits per heavy atom. The third-order valence-corrected chi connectivity index (χ3v) is 2.75. The molecule has 5 nitrogen and oxygen atoms in total. The van der Waals surface area contributed by atoms with E-state index in [4.69, 9.17) is 11.5 Å². The smallest absolute Gasteiger partial charge is 0.254 e. The zero-order valence-electron chi connectivity index (χ0n) is 9.40. The zero-order chi connectivity index (χ0) is 12.8. The number of thiophene rings is 1. The Hall–Kier alpha value is -1.84. The molecule has 0 saturated carbocycles. The van der Waals surface area contributed by atoms with Crippen LogP contribution < -0.4 is 11.5 Å². The predicted molar refractivity (Wildman–Crippen MR) is 66.4 cm³/mol. The number of carbonyl (C=O) groups is 2. The van der Waals surface area contributed by atoms with Gasteiger partial charge in [0.05, 0.1) is 23.5 Å². The third-order valence-electron chi connectivity index (χ3n) is 1.90. The fourth-order valence-electron chi connectivity index (χ4n) is 1.18. The Morgan fingerprint density at radius 1 is 1.53 bits per heavy atom. The van der Waals surface area contributed by atoms with Gasteiger partial charge < -0.3 is 16.4 Å². The van der Waals surface area contributed by atoms with Gasteiger partial charge in [0.1, 0.15) is 0 Å². The van der Waals surface area contributed by atoms with Crippen LogP contribution in [0.4, 0.5) is 0 Å². The highest BCUT2D eigenvalue weighted by Crippen LogP contribution is 2.14. The lowest BCUT2D eigenvalue weighted by Crippen LogP contribution is -2.35. The summed E-state index contributed by atoms with van der Waals surface area (Å²) in [5.41, 5.74) is 10.8. The number of primary amides is 1. The summed E-state index contributed by atoms with van der Waals surface area (Å²) < 4.78 is 0. The molecular weight excluding hydrogens is 238 g/mol. The second-order valence-electron chi connectivity index (χ2n) is 3.33. The Labute approximate surface area is 103 Å². The minimum atomic E-state index is -0.542. The Balaban J connectivity index is 2.76. The van der Waals surface area contributed by atoms with E-state index in [2.05, 4.69) is 11.8 Å². The molecule has 0 saturated heterocycles. The van der Waals surface area contributed by atoms with E-state index in [1.807, 2.05) is 0 Å². The standard InChI is InChI=1S/C11H13N3O2S/c1-14(6-10(13)15)11(16)8-5-9(17-7-8)3-2-4-12/h5,7H,4,6,12H2,1H3,(H2,13,15). The van der Waals surface area contributed by atoms with Crippen molar-refractivity contribution in [2.75, 3.05) is 20.1 Å². The summed E-state index contributed by atoms with van der Waals surface area (Å²) in [5, 5.41) is 1.69. The van der Waals surface area contributed by atoms with Crippen molar-refractivity contribution in [2.45, 2.75) is 0 Å². The first-order chi connectivity index (χ1) is 8.04. The Morgan fingerprint density at radius 3 is 2.82 bits per heavy atom. The third kappa shape index (κ3) is 3.90. The van der Waals surface area contributed by atoms with E-state index < -0.39 is 5.91 Å². The van der Waals surface area contributed by atoms with Gasteiger partial charge in [0.15, 0.2) is 0 Å². The van der Waals surface area contributed by atoms with Gasteiger partial charge in [-0.25, -0.2) is 0 Å². The van der Waals surface area contributed by atoms with Crippen LogP contribution in [-0.2, 0) is 4.79 Å². The van der Waals surface area contributed by atoms with Crippen molar-refractivity contribution in [3.63, 3.8) is 0 Å². The maximum Gasteiger partial charge on any atom is 0.254 e. The molecule has 90 valence electrons. The van der Waals surface area contributed by atoms with E-state index in [0.29, 0.717) is 5.56 Å². The number of rotatable bonds is 3. The van der Waals surface area contributed by atoms with Crippen molar-refractivity contribution < 1.29 is 9.59 Å². The van der Waals surface area contributed by atoms with Crippen molar-refractivity contribution in [1.82, 2.24) is 4.90 Å². The predicted octanol–water partition coefficient (Wildman–Crippen LogP) is -0.384. The molecule has 0 spiro atoms. The highest BCUT2D eigenvalue weighted by molar-refractivity contribution is 7.10. The summed E-state index contributed by atoms with van der Waals surface area (Å²) in [6.07, 6.45) is 0. The number of hydrogen-bond donors (Lipinski definition) is 2. The molecule has 0 bridgehead atoms. The maximum atomic E-state index is 11.8. The molecule has 17 heavy (non-hydrogen) atoms. The monoisotopic (exact) mass is 251 g/mol. The molecule has 0 aliphatic heterocycles. The largest absolute Gasteiger partial charge is 0.368 e. The normalized spacial score (nSPS) is 9.29. The van der Waals surface area contributed by atoms with Crippen LogP contribution in [0, 0.1) is 11.8 Å². The summed E-state index contributed by atoms with van der Waals surface area (Å²) in [4.78, 5) is 24.5. The van der Waals surface area contributed by atoms with Gasteiger partial charge in [0, 0.05) is 12.4 Å². The number of amides is 2. The van der Waals surface area contributed by atoms with Crippen molar-refractivity contribution in [3.05, 3.63) is 21.9 Å². The summed E-state index contributed by atoms with van der Waals surface area (Å²) in [6.45, 7) is 0.182. The van der Waals surface area contributed by atoms with Crippen LogP contribution in [-0.4, -0.2) is 36.9 Å². The molecule has 0 atom stereocenters. The van der Waals surface area contributed by atoms with Gasteiger partial charge in [-0.2, -0.15) is 0 Å². The fraction of sp³-hybridized carbons (Fsp3) is 0.273. The average molecular weight is 251 g/mol. The van der Waals surface area contributed by atoms with Crippen LogP contribution in [0.5, 0.6) is 0 Å². The van der Waals surface area contributed by atoms with Gasteiger partial charge >= 0.3 is 0 Å². The molecule has 6 heteroatoms. The SMILES string of the molecule is CN(CC(N)=O)C(=O)c1csc(C#CCN)c1. The lowest BCUT2D eigenvalue weighted by molar-refractivity contribution is -0.118. The molecule has 0 fully saturated rings. The number of nitrogens with zero attached hydrogens (tertiary/aromatic N) is 1. The van der Waals surface area contributed by atoms with Crippen molar-refractivity contribution in [1.29, 1.82) is 0 Å². The van der Waals surface area contributed by atoms with Crippen LogP contribution in [0.2, 0.25) is 0 Å². The highest BCUT2D eigenvalue weighted by Gasteiger charge is 2.14. The fourth-order valence-corrected chi connectivity index (χ4v) is 1.93. The molecule has 1 aromatic heterocycles. The second-order valence-corrected chi connectivity index (χ2v) is 4.24. The van der Waals surface area contributed by atoms with Gasteiger partial charge in [-0.05, 0) is 6.07 Å². The molecule has 2 amide bonds. The number of carbonyl (C=O) groups excluding carboxylic acids is 2. The minimum absolute atomic E-state index is 0.0987. The van der Waals surface area contributed by atoms with Crippen LogP contribution in [0.1, 0.15) is 15.2 Å². The van der Waals surface area contributed by atoms with Gasteiger partial charge in [-0.3, -0.25) is 9.59 Å². The summed E-state index contributed by atoms with van der Waals surface area (Å²) in [6, 6.07) is 1.67. The number of nitrogens with two attached hydrogens (primary N) is 2. The molecule has 0 aliphatic carbocycles. The van der Waals surface area contributed by atoms with E-state index in [-0.39, 0.29) is 19.0 Å². The molecular formula is C11H13N3O2S. The lowest BCUT2D eigenvalue weighted by atomic mass is 10.2.